The number of halogens is 4. The Balaban J connectivity index is 1.97. The smallest absolute Gasteiger partial charge is 0.262 e. The molecule has 0 aromatic heterocycles. The van der Waals surface area contributed by atoms with Gasteiger partial charge < -0.3 is 10.1 Å². The van der Waals surface area contributed by atoms with Crippen molar-refractivity contribution in [3.8, 4) is 5.75 Å². The summed E-state index contributed by atoms with van der Waals surface area (Å²) in [5.74, 6) is -1.47. The number of ether oxygens (including phenoxy) is 1. The molecule has 110 valence electrons. The number of anilines is 1. The normalized spacial score (nSPS) is 10.3. The molecular weight excluding hydrogens is 412 g/mol. The lowest BCUT2D eigenvalue weighted by atomic mass is 10.3. The zero-order valence-electron chi connectivity index (χ0n) is 10.5. The fourth-order valence-corrected chi connectivity index (χ4v) is 2.68. The number of benzene rings is 2. The minimum absolute atomic E-state index is 0.224. The van der Waals surface area contributed by atoms with Crippen molar-refractivity contribution in [3.05, 3.63) is 57.0 Å². The molecule has 0 aliphatic carbocycles. The van der Waals surface area contributed by atoms with E-state index in [9.17, 15) is 13.6 Å². The molecule has 0 fully saturated rings. The molecular formula is C14H9Br2F2NO2. The highest BCUT2D eigenvalue weighted by Gasteiger charge is 2.10. The average Bonchev–Trinajstić information content (AvgIpc) is 2.42. The Morgan fingerprint density at radius 2 is 1.90 bits per heavy atom. The maximum atomic E-state index is 13.4. The van der Waals surface area contributed by atoms with Gasteiger partial charge in [0.25, 0.3) is 5.91 Å². The van der Waals surface area contributed by atoms with Gasteiger partial charge in [0.05, 0.1) is 10.2 Å². The maximum Gasteiger partial charge on any atom is 0.262 e. The zero-order chi connectivity index (χ0) is 15.4. The molecule has 1 N–H and O–H groups in total. The Bertz CT molecular complexity index is 680. The Labute approximate surface area is 136 Å². The first kappa shape index (κ1) is 15.9. The van der Waals surface area contributed by atoms with Gasteiger partial charge in [0.1, 0.15) is 17.4 Å². The number of carbonyl (C=O) groups is 1. The van der Waals surface area contributed by atoms with E-state index in [0.717, 1.165) is 22.7 Å². The number of hydrogen-bond donors (Lipinski definition) is 1. The van der Waals surface area contributed by atoms with Crippen molar-refractivity contribution >= 4 is 43.5 Å². The predicted octanol–water partition coefficient (Wildman–Crippen LogP) is 4.51. The van der Waals surface area contributed by atoms with Gasteiger partial charge in [0, 0.05) is 10.5 Å². The molecule has 0 bridgehead atoms. The van der Waals surface area contributed by atoms with Crippen LogP contribution in [0.3, 0.4) is 0 Å². The first-order valence-electron chi connectivity index (χ1n) is 5.78. The highest BCUT2D eigenvalue weighted by atomic mass is 79.9. The van der Waals surface area contributed by atoms with E-state index in [2.05, 4.69) is 37.2 Å². The Morgan fingerprint density at radius 3 is 2.62 bits per heavy atom. The fourth-order valence-electron chi connectivity index (χ4n) is 1.52. The van der Waals surface area contributed by atoms with E-state index in [1.54, 1.807) is 18.2 Å². The number of nitrogens with one attached hydrogen (secondary N) is 1. The minimum Gasteiger partial charge on any atom is -0.483 e. The van der Waals surface area contributed by atoms with Crippen LogP contribution in [0, 0.1) is 11.6 Å². The van der Waals surface area contributed by atoms with Crippen LogP contribution >= 0.6 is 31.9 Å². The summed E-state index contributed by atoms with van der Waals surface area (Å²) in [6.07, 6.45) is 0. The van der Waals surface area contributed by atoms with Gasteiger partial charge in [0.15, 0.2) is 6.61 Å². The SMILES string of the molecule is O=C(COc1ccc(Br)cc1Br)Nc1cc(F)ccc1F. The summed E-state index contributed by atoms with van der Waals surface area (Å²) in [5.41, 5.74) is -0.224. The van der Waals surface area contributed by atoms with Crippen LogP contribution in [-0.4, -0.2) is 12.5 Å². The summed E-state index contributed by atoms with van der Waals surface area (Å²) < 4.78 is 33.2. The van der Waals surface area contributed by atoms with Gasteiger partial charge in [-0.2, -0.15) is 0 Å². The third-order valence-corrected chi connectivity index (χ3v) is 3.57. The first-order valence-corrected chi connectivity index (χ1v) is 7.37. The molecule has 2 rings (SSSR count). The van der Waals surface area contributed by atoms with Gasteiger partial charge >= 0.3 is 0 Å². The zero-order valence-corrected chi connectivity index (χ0v) is 13.7. The Kier molecular flexibility index (Phi) is 5.30. The monoisotopic (exact) mass is 419 g/mol. The van der Waals surface area contributed by atoms with E-state index in [4.69, 9.17) is 4.74 Å². The molecule has 7 heteroatoms. The lowest BCUT2D eigenvalue weighted by Gasteiger charge is -2.09. The molecule has 2 aromatic rings. The highest BCUT2D eigenvalue weighted by molar-refractivity contribution is 9.11. The van der Waals surface area contributed by atoms with E-state index in [1.165, 1.54) is 0 Å². The molecule has 0 saturated carbocycles. The quantitative estimate of drug-likeness (QED) is 0.790. The van der Waals surface area contributed by atoms with Gasteiger partial charge in [-0.15, -0.1) is 0 Å². The van der Waals surface area contributed by atoms with Crippen LogP contribution in [0.25, 0.3) is 0 Å². The lowest BCUT2D eigenvalue weighted by Crippen LogP contribution is -2.21. The summed E-state index contributed by atoms with van der Waals surface area (Å²) in [6.45, 7) is -0.323. The highest BCUT2D eigenvalue weighted by Crippen LogP contribution is 2.28. The third kappa shape index (κ3) is 4.50. The Morgan fingerprint density at radius 1 is 1.14 bits per heavy atom. The molecule has 3 nitrogen and oxygen atoms in total. The van der Waals surface area contributed by atoms with Crippen LogP contribution < -0.4 is 10.1 Å². The van der Waals surface area contributed by atoms with Crippen molar-refractivity contribution in [2.45, 2.75) is 0 Å². The molecule has 0 aliphatic rings. The molecule has 1 amide bonds. The van der Waals surface area contributed by atoms with Crippen LogP contribution in [0.1, 0.15) is 0 Å². The molecule has 0 saturated heterocycles. The summed E-state index contributed by atoms with van der Waals surface area (Å²) in [6, 6.07) is 8.01. The van der Waals surface area contributed by atoms with Crippen molar-refractivity contribution in [1.29, 1.82) is 0 Å². The van der Waals surface area contributed by atoms with E-state index < -0.39 is 17.5 Å². The van der Waals surface area contributed by atoms with Crippen molar-refractivity contribution in [1.82, 2.24) is 0 Å². The number of rotatable bonds is 4. The predicted molar refractivity (Wildman–Crippen MR) is 82.3 cm³/mol. The van der Waals surface area contributed by atoms with E-state index in [1.807, 2.05) is 0 Å². The molecule has 0 aliphatic heterocycles. The molecule has 21 heavy (non-hydrogen) atoms. The number of amides is 1. The summed E-state index contributed by atoms with van der Waals surface area (Å²) in [7, 11) is 0. The van der Waals surface area contributed by atoms with Crippen molar-refractivity contribution < 1.29 is 18.3 Å². The van der Waals surface area contributed by atoms with E-state index >= 15 is 0 Å². The number of carbonyl (C=O) groups excluding carboxylic acids is 1. The summed E-state index contributed by atoms with van der Waals surface area (Å²) in [4.78, 5) is 11.7. The van der Waals surface area contributed by atoms with Crippen LogP contribution in [0.2, 0.25) is 0 Å². The van der Waals surface area contributed by atoms with Crippen LogP contribution in [-0.2, 0) is 4.79 Å². The molecule has 0 atom stereocenters. The first-order chi connectivity index (χ1) is 9.95. The van der Waals surface area contributed by atoms with Gasteiger partial charge in [-0.25, -0.2) is 8.78 Å². The number of hydrogen-bond acceptors (Lipinski definition) is 2. The van der Waals surface area contributed by atoms with Crippen LogP contribution in [0.15, 0.2) is 45.3 Å². The second-order valence-electron chi connectivity index (χ2n) is 4.04. The molecule has 0 radical (unpaired) electrons. The second kappa shape index (κ2) is 7.00. The lowest BCUT2D eigenvalue weighted by molar-refractivity contribution is -0.118. The minimum atomic E-state index is -0.713. The van der Waals surface area contributed by atoms with Gasteiger partial charge in [0.2, 0.25) is 0 Å². The molecule has 2 aromatic carbocycles. The third-order valence-electron chi connectivity index (χ3n) is 2.46. The van der Waals surface area contributed by atoms with Gasteiger partial charge in [-0.3, -0.25) is 4.79 Å². The largest absolute Gasteiger partial charge is 0.483 e. The summed E-state index contributed by atoms with van der Waals surface area (Å²) in [5, 5.41) is 2.25. The average molecular weight is 421 g/mol. The standard InChI is InChI=1S/C14H9Br2F2NO2/c15-8-1-4-13(10(16)5-8)21-7-14(20)19-12-6-9(17)2-3-11(12)18/h1-6H,7H2,(H,19,20). The second-order valence-corrected chi connectivity index (χ2v) is 5.81. The van der Waals surface area contributed by atoms with E-state index in [0.29, 0.717) is 10.2 Å². The van der Waals surface area contributed by atoms with Crippen molar-refractivity contribution in [3.63, 3.8) is 0 Å². The van der Waals surface area contributed by atoms with Gasteiger partial charge in [-0.05, 0) is 46.3 Å². The van der Waals surface area contributed by atoms with Gasteiger partial charge in [-0.1, -0.05) is 15.9 Å². The fraction of sp³-hybridized carbons (Fsp3) is 0.0714. The molecule has 0 unspecified atom stereocenters. The topological polar surface area (TPSA) is 38.3 Å². The summed E-state index contributed by atoms with van der Waals surface area (Å²) >= 11 is 6.58. The molecule has 0 spiro atoms. The van der Waals surface area contributed by atoms with Crippen molar-refractivity contribution in [2.75, 3.05) is 11.9 Å². The van der Waals surface area contributed by atoms with Crippen molar-refractivity contribution in [2.24, 2.45) is 0 Å². The van der Waals surface area contributed by atoms with Crippen LogP contribution in [0.5, 0.6) is 5.75 Å². The van der Waals surface area contributed by atoms with E-state index in [-0.39, 0.29) is 12.3 Å². The molecule has 0 heterocycles. The van der Waals surface area contributed by atoms with Crippen LogP contribution in [0.4, 0.5) is 14.5 Å². The maximum absolute atomic E-state index is 13.4. The Hall–Kier alpha value is -1.47.